The molecule has 5 atom stereocenters. The molecule has 5 unspecified atom stereocenters. The Kier molecular flexibility index (Phi) is 16.9. The van der Waals surface area contributed by atoms with Gasteiger partial charge in [-0.1, -0.05) is 134 Å². The average Bonchev–Trinajstić information content (AvgIpc) is 3.48. The van der Waals surface area contributed by atoms with E-state index in [0.29, 0.717) is 46.8 Å². The van der Waals surface area contributed by atoms with Gasteiger partial charge in [0.1, 0.15) is 59.7 Å². The minimum atomic E-state index is -0.985. The monoisotopic (exact) mass is 1060 g/mol. The molecular weight excluding hydrogens is 1000 g/mol. The Morgan fingerprint density at radius 2 is 1.04 bits per heavy atom. The summed E-state index contributed by atoms with van der Waals surface area (Å²) < 4.78 is 53.8. The molecule has 2 aromatic heterocycles. The standard InChI is InChI=1S/C36H28O6.C29H32O8/c37-34-33-31(41-24-27-14-8-3-9-15-27)20-30(40-23-26-12-6-2-7-13-26)21-32(33)42-36(35(34)38)28-16-18-29(19-17-28)39-22-25-10-4-1-5-11-25;1-14-8-10-21(11-9-14)27-28(24(32)23-16(3)12-15(2)13-22(23)36-27)37-29-17(4)25(34-19(6)30)26(18(5)33-29)35-20(7)31/h1-21,38H,22-24H2;8-13,17-18,25-26,29H,1-7H3. The molecule has 1 fully saturated rings. The van der Waals surface area contributed by atoms with E-state index in [2.05, 4.69) is 0 Å². The van der Waals surface area contributed by atoms with Crippen LogP contribution in [0.4, 0.5) is 0 Å². The molecule has 0 saturated carbocycles. The molecule has 404 valence electrons. The van der Waals surface area contributed by atoms with Gasteiger partial charge in [-0.2, -0.15) is 0 Å². The van der Waals surface area contributed by atoms with Gasteiger partial charge < -0.3 is 47.1 Å². The second kappa shape index (κ2) is 24.5. The quantitative estimate of drug-likeness (QED) is 0.0958. The van der Waals surface area contributed by atoms with Crippen LogP contribution >= 0.6 is 0 Å². The van der Waals surface area contributed by atoms with E-state index in [1.807, 2.05) is 148 Å². The number of ether oxygens (including phenoxy) is 7. The van der Waals surface area contributed by atoms with Crippen LogP contribution in [0.5, 0.6) is 28.7 Å². The van der Waals surface area contributed by atoms with E-state index in [4.69, 9.17) is 42.0 Å². The van der Waals surface area contributed by atoms with Crippen molar-refractivity contribution in [1.29, 1.82) is 0 Å². The molecular formula is C65H60O14. The molecule has 1 aliphatic rings. The van der Waals surface area contributed by atoms with Gasteiger partial charge in [0.05, 0.1) is 17.4 Å². The Hall–Kier alpha value is -9.14. The molecule has 0 aliphatic carbocycles. The number of carbonyl (C=O) groups excluding carboxylic acids is 2. The second-order valence-electron chi connectivity index (χ2n) is 19.5. The SMILES string of the molecule is CC(=O)OC1C(C)OC(Oc2c(-c3ccc(C)cc3)oc3cc(C)cc(C)c3c2=O)C(C)C1OC(C)=O.O=c1c(O)c(-c2ccc(OCc3ccccc3)cc2)oc2cc(OCc3ccccc3)cc(OCc3ccccc3)c12. The summed E-state index contributed by atoms with van der Waals surface area (Å²) >= 11 is 0. The normalized spacial score (nSPS) is 16.8. The van der Waals surface area contributed by atoms with Gasteiger partial charge in [-0.05, 0) is 85.8 Å². The lowest BCUT2D eigenvalue weighted by atomic mass is 9.92. The molecule has 1 aliphatic heterocycles. The van der Waals surface area contributed by atoms with Gasteiger partial charge in [-0.25, -0.2) is 0 Å². The molecule has 1 saturated heterocycles. The zero-order chi connectivity index (χ0) is 55.7. The summed E-state index contributed by atoms with van der Waals surface area (Å²) in [5.41, 5.74) is 6.75. The molecule has 10 rings (SSSR count). The number of rotatable bonds is 15. The van der Waals surface area contributed by atoms with Crippen molar-refractivity contribution in [2.24, 2.45) is 5.92 Å². The molecule has 1 N–H and O–H groups in total. The maximum atomic E-state index is 13.9. The predicted octanol–water partition coefficient (Wildman–Crippen LogP) is 12.9. The van der Waals surface area contributed by atoms with Gasteiger partial charge in [0.25, 0.3) is 0 Å². The van der Waals surface area contributed by atoms with Crippen molar-refractivity contribution in [3.8, 4) is 51.4 Å². The van der Waals surface area contributed by atoms with E-state index in [0.717, 1.165) is 33.4 Å². The topological polar surface area (TPSA) is 179 Å². The fourth-order valence-corrected chi connectivity index (χ4v) is 9.34. The first-order chi connectivity index (χ1) is 38.1. The Morgan fingerprint density at radius 1 is 0.532 bits per heavy atom. The molecule has 14 heteroatoms. The molecule has 0 amide bonds. The largest absolute Gasteiger partial charge is 0.502 e. The molecule has 14 nitrogen and oxygen atoms in total. The smallest absolute Gasteiger partial charge is 0.303 e. The number of carbonyl (C=O) groups is 2. The number of benzene rings is 7. The predicted molar refractivity (Wildman–Crippen MR) is 299 cm³/mol. The molecule has 9 aromatic rings. The molecule has 0 bridgehead atoms. The van der Waals surface area contributed by atoms with Crippen molar-refractivity contribution in [3.05, 3.63) is 218 Å². The first kappa shape index (κ1) is 54.6. The van der Waals surface area contributed by atoms with Crippen molar-refractivity contribution in [1.82, 2.24) is 0 Å². The summed E-state index contributed by atoms with van der Waals surface area (Å²) in [5, 5.41) is 11.5. The first-order valence-corrected chi connectivity index (χ1v) is 25.9. The van der Waals surface area contributed by atoms with Crippen LogP contribution in [-0.2, 0) is 43.6 Å². The average molecular weight is 1070 g/mol. The van der Waals surface area contributed by atoms with Gasteiger partial charge >= 0.3 is 11.9 Å². The molecule has 79 heavy (non-hydrogen) atoms. The van der Waals surface area contributed by atoms with E-state index >= 15 is 0 Å². The van der Waals surface area contributed by atoms with Gasteiger partial charge in [-0.15, -0.1) is 0 Å². The van der Waals surface area contributed by atoms with Crippen LogP contribution in [-0.4, -0.2) is 41.6 Å². The Balaban J connectivity index is 0.000000193. The van der Waals surface area contributed by atoms with Crippen LogP contribution in [0, 0.1) is 26.7 Å². The van der Waals surface area contributed by atoms with Crippen LogP contribution in [0.3, 0.4) is 0 Å². The third-order valence-electron chi connectivity index (χ3n) is 13.3. The highest BCUT2D eigenvalue weighted by molar-refractivity contribution is 5.89. The van der Waals surface area contributed by atoms with Gasteiger partial charge in [0, 0.05) is 37.1 Å². The summed E-state index contributed by atoms with van der Waals surface area (Å²) in [6, 6.07) is 50.9. The number of hydrogen-bond donors (Lipinski definition) is 1. The number of aryl methyl sites for hydroxylation is 3. The lowest BCUT2D eigenvalue weighted by Crippen LogP contribution is -2.57. The Morgan fingerprint density at radius 3 is 1.62 bits per heavy atom. The maximum Gasteiger partial charge on any atom is 0.303 e. The highest BCUT2D eigenvalue weighted by Gasteiger charge is 2.48. The van der Waals surface area contributed by atoms with Crippen molar-refractivity contribution >= 4 is 33.9 Å². The number of fused-ring (bicyclic) bond motifs is 2. The van der Waals surface area contributed by atoms with Crippen LogP contribution in [0.2, 0.25) is 0 Å². The summed E-state index contributed by atoms with van der Waals surface area (Å²) in [5.74, 6) is -0.414. The molecule has 3 heterocycles. The first-order valence-electron chi connectivity index (χ1n) is 25.9. The maximum absolute atomic E-state index is 13.9. The minimum Gasteiger partial charge on any atom is -0.502 e. The molecule has 7 aromatic carbocycles. The summed E-state index contributed by atoms with van der Waals surface area (Å²) in [6.07, 6.45) is -3.32. The van der Waals surface area contributed by atoms with E-state index in [1.54, 1.807) is 50.2 Å². The van der Waals surface area contributed by atoms with Crippen LogP contribution < -0.4 is 29.8 Å². The highest BCUT2D eigenvalue weighted by Crippen LogP contribution is 2.39. The van der Waals surface area contributed by atoms with Crippen molar-refractivity contribution < 1.29 is 56.7 Å². The zero-order valence-electron chi connectivity index (χ0n) is 44.9. The van der Waals surface area contributed by atoms with Crippen LogP contribution in [0.15, 0.2) is 182 Å². The lowest BCUT2D eigenvalue weighted by Gasteiger charge is -2.42. The minimum absolute atomic E-state index is 0.000123. The number of aromatic hydroxyl groups is 1. The summed E-state index contributed by atoms with van der Waals surface area (Å²) in [7, 11) is 0. The second-order valence-corrected chi connectivity index (χ2v) is 19.5. The number of hydrogen-bond acceptors (Lipinski definition) is 14. The van der Waals surface area contributed by atoms with E-state index < -0.39 is 53.6 Å². The lowest BCUT2D eigenvalue weighted by molar-refractivity contribution is -0.257. The Labute approximate surface area is 456 Å². The van der Waals surface area contributed by atoms with E-state index in [1.165, 1.54) is 13.8 Å². The summed E-state index contributed by atoms with van der Waals surface area (Å²) in [4.78, 5) is 51.0. The van der Waals surface area contributed by atoms with Crippen LogP contribution in [0.1, 0.15) is 61.1 Å². The Bertz CT molecular complexity index is 3710. The van der Waals surface area contributed by atoms with Gasteiger partial charge in [0.2, 0.25) is 28.6 Å². The fourth-order valence-electron chi connectivity index (χ4n) is 9.34. The van der Waals surface area contributed by atoms with E-state index in [-0.39, 0.29) is 46.0 Å². The van der Waals surface area contributed by atoms with Crippen LogP contribution in [0.25, 0.3) is 44.6 Å². The number of esters is 2. The van der Waals surface area contributed by atoms with Crippen molar-refractivity contribution in [3.63, 3.8) is 0 Å². The molecule has 0 radical (unpaired) electrons. The summed E-state index contributed by atoms with van der Waals surface area (Å²) in [6.45, 7) is 12.8. The third kappa shape index (κ3) is 13.0. The molecule has 0 spiro atoms. The van der Waals surface area contributed by atoms with E-state index in [9.17, 15) is 24.3 Å². The third-order valence-corrected chi connectivity index (χ3v) is 13.3. The fraction of sp³-hybridized carbons (Fsp3) is 0.231. The van der Waals surface area contributed by atoms with Crippen molar-refractivity contribution in [2.75, 3.05) is 0 Å². The van der Waals surface area contributed by atoms with Gasteiger partial charge in [-0.3, -0.25) is 19.2 Å². The van der Waals surface area contributed by atoms with Crippen molar-refractivity contribution in [2.45, 2.75) is 92.9 Å². The zero-order valence-corrected chi connectivity index (χ0v) is 44.9. The van der Waals surface area contributed by atoms with Gasteiger partial charge in [0.15, 0.2) is 17.6 Å². The highest BCUT2D eigenvalue weighted by atomic mass is 16.7.